The van der Waals surface area contributed by atoms with Crippen molar-refractivity contribution in [3.63, 3.8) is 0 Å². The zero-order valence-electron chi connectivity index (χ0n) is 11.1. The third-order valence-electron chi connectivity index (χ3n) is 3.03. The van der Waals surface area contributed by atoms with Gasteiger partial charge in [0, 0.05) is 11.1 Å². The maximum absolute atomic E-state index is 13.4. The normalized spacial score (nSPS) is 11.6. The Morgan fingerprint density at radius 2 is 2.00 bits per heavy atom. The third kappa shape index (κ3) is 2.63. The van der Waals surface area contributed by atoms with E-state index in [4.69, 9.17) is 9.52 Å². The van der Waals surface area contributed by atoms with Crippen LogP contribution in [0.15, 0.2) is 41.3 Å². The van der Waals surface area contributed by atoms with Crippen LogP contribution >= 0.6 is 0 Å². The van der Waals surface area contributed by atoms with Gasteiger partial charge in [0.05, 0.1) is 5.69 Å². The highest BCUT2D eigenvalue weighted by molar-refractivity contribution is 5.54. The molecular weight excluding hydrogens is 264 g/mol. The lowest BCUT2D eigenvalue weighted by molar-refractivity contribution is 0.0525. The molecule has 0 spiro atoms. The van der Waals surface area contributed by atoms with Gasteiger partial charge < -0.3 is 9.52 Å². The number of halogens is 2. The van der Waals surface area contributed by atoms with Crippen LogP contribution in [0.3, 0.4) is 0 Å². The Labute approximate surface area is 115 Å². The van der Waals surface area contributed by atoms with Crippen LogP contribution in [-0.2, 0) is 19.0 Å². The standard InChI is InChI=1S/C15H15F2NO2/c1-3-12-13(9-19)20-14(18-12)10-5-7-11(8-6-10)15(16,17)4-2/h4-8,19H,2-3,9H2,1H3. The van der Waals surface area contributed by atoms with Crippen molar-refractivity contribution in [2.45, 2.75) is 25.9 Å². The largest absolute Gasteiger partial charge is 0.438 e. The summed E-state index contributed by atoms with van der Waals surface area (Å²) < 4.78 is 32.2. The number of nitrogens with zero attached hydrogens (tertiary/aromatic N) is 1. The van der Waals surface area contributed by atoms with Crippen LogP contribution in [0.4, 0.5) is 8.78 Å². The minimum absolute atomic E-state index is 0.138. The number of aliphatic hydroxyl groups is 1. The summed E-state index contributed by atoms with van der Waals surface area (Å²) >= 11 is 0. The van der Waals surface area contributed by atoms with E-state index in [1.807, 2.05) is 6.92 Å². The fraction of sp³-hybridized carbons (Fsp3) is 0.267. The van der Waals surface area contributed by atoms with Crippen LogP contribution < -0.4 is 0 Å². The van der Waals surface area contributed by atoms with Gasteiger partial charge >= 0.3 is 0 Å². The van der Waals surface area contributed by atoms with Crippen molar-refractivity contribution in [1.82, 2.24) is 4.98 Å². The van der Waals surface area contributed by atoms with Crippen molar-refractivity contribution in [3.05, 3.63) is 53.9 Å². The summed E-state index contributed by atoms with van der Waals surface area (Å²) in [6.45, 7) is 4.78. The third-order valence-corrected chi connectivity index (χ3v) is 3.03. The number of rotatable bonds is 5. The van der Waals surface area contributed by atoms with Crippen LogP contribution in [0.2, 0.25) is 0 Å². The fourth-order valence-electron chi connectivity index (χ4n) is 1.86. The molecule has 0 aliphatic carbocycles. The maximum atomic E-state index is 13.4. The number of aliphatic hydroxyl groups excluding tert-OH is 1. The van der Waals surface area contributed by atoms with Gasteiger partial charge in [-0.2, -0.15) is 8.78 Å². The number of oxazole rings is 1. The van der Waals surface area contributed by atoms with E-state index < -0.39 is 5.92 Å². The Balaban J connectivity index is 2.35. The molecule has 0 aliphatic rings. The molecule has 2 rings (SSSR count). The quantitative estimate of drug-likeness (QED) is 0.849. The summed E-state index contributed by atoms with van der Waals surface area (Å²) in [5, 5.41) is 9.15. The number of allylic oxidation sites excluding steroid dienone is 1. The van der Waals surface area contributed by atoms with Crippen LogP contribution in [0.1, 0.15) is 23.9 Å². The van der Waals surface area contributed by atoms with Crippen molar-refractivity contribution >= 4 is 0 Å². The smallest absolute Gasteiger partial charge is 0.291 e. The average molecular weight is 279 g/mol. The Hall–Kier alpha value is -2.01. The highest BCUT2D eigenvalue weighted by atomic mass is 19.3. The molecule has 1 aromatic carbocycles. The van der Waals surface area contributed by atoms with Gasteiger partial charge in [0.1, 0.15) is 6.61 Å². The van der Waals surface area contributed by atoms with Crippen molar-refractivity contribution in [2.75, 3.05) is 0 Å². The molecule has 2 aromatic rings. The van der Waals surface area contributed by atoms with E-state index >= 15 is 0 Å². The van der Waals surface area contributed by atoms with E-state index in [9.17, 15) is 8.78 Å². The van der Waals surface area contributed by atoms with Gasteiger partial charge in [-0.05, 0) is 24.6 Å². The number of alkyl halides is 2. The van der Waals surface area contributed by atoms with Gasteiger partial charge in [-0.3, -0.25) is 0 Å². The lowest BCUT2D eigenvalue weighted by Gasteiger charge is -2.11. The summed E-state index contributed by atoms with van der Waals surface area (Å²) in [7, 11) is 0. The van der Waals surface area contributed by atoms with Crippen LogP contribution in [0, 0.1) is 0 Å². The van der Waals surface area contributed by atoms with Gasteiger partial charge in [0.25, 0.3) is 5.92 Å². The van der Waals surface area contributed by atoms with Crippen LogP contribution in [0.25, 0.3) is 11.5 Å². The molecular formula is C15H15F2NO2. The second-order valence-corrected chi connectivity index (χ2v) is 4.30. The second kappa shape index (κ2) is 5.54. The minimum atomic E-state index is -3.06. The first-order valence-corrected chi connectivity index (χ1v) is 6.23. The molecule has 0 bridgehead atoms. The molecule has 1 heterocycles. The van der Waals surface area contributed by atoms with E-state index in [-0.39, 0.29) is 12.2 Å². The molecule has 0 aliphatic heterocycles. The maximum Gasteiger partial charge on any atom is 0.291 e. The molecule has 106 valence electrons. The molecule has 0 amide bonds. The summed E-state index contributed by atoms with van der Waals surface area (Å²) in [5.41, 5.74) is 1.12. The first-order chi connectivity index (χ1) is 9.51. The molecule has 1 aromatic heterocycles. The number of aryl methyl sites for hydroxylation is 1. The van der Waals surface area contributed by atoms with Crippen molar-refractivity contribution in [2.24, 2.45) is 0 Å². The summed E-state index contributed by atoms with van der Waals surface area (Å²) in [5.74, 6) is -2.33. The molecule has 1 N–H and O–H groups in total. The molecule has 0 saturated heterocycles. The Bertz CT molecular complexity index is 581. The summed E-state index contributed by atoms with van der Waals surface area (Å²) in [6, 6.07) is 5.65. The predicted molar refractivity (Wildman–Crippen MR) is 71.3 cm³/mol. The number of hydrogen-bond donors (Lipinski definition) is 1. The van der Waals surface area contributed by atoms with Crippen molar-refractivity contribution in [3.8, 4) is 11.5 Å². The highest BCUT2D eigenvalue weighted by Crippen LogP contribution is 2.31. The van der Waals surface area contributed by atoms with Gasteiger partial charge in [-0.25, -0.2) is 4.98 Å². The van der Waals surface area contributed by atoms with E-state index in [0.29, 0.717) is 35.4 Å². The number of benzene rings is 1. The Morgan fingerprint density at radius 1 is 1.35 bits per heavy atom. The fourth-order valence-corrected chi connectivity index (χ4v) is 1.86. The van der Waals surface area contributed by atoms with Crippen LogP contribution in [0.5, 0.6) is 0 Å². The second-order valence-electron chi connectivity index (χ2n) is 4.30. The van der Waals surface area contributed by atoms with Gasteiger partial charge in [-0.1, -0.05) is 25.6 Å². The molecule has 20 heavy (non-hydrogen) atoms. The molecule has 0 saturated carbocycles. The van der Waals surface area contributed by atoms with Crippen LogP contribution in [-0.4, -0.2) is 10.1 Å². The monoisotopic (exact) mass is 279 g/mol. The SMILES string of the molecule is C=CC(F)(F)c1ccc(-c2nc(CC)c(CO)o2)cc1. The minimum Gasteiger partial charge on any atom is -0.438 e. The van der Waals surface area contributed by atoms with E-state index in [1.165, 1.54) is 24.3 Å². The number of aromatic nitrogens is 1. The van der Waals surface area contributed by atoms with E-state index in [2.05, 4.69) is 11.6 Å². The zero-order valence-corrected chi connectivity index (χ0v) is 11.1. The Morgan fingerprint density at radius 3 is 2.45 bits per heavy atom. The zero-order chi connectivity index (χ0) is 14.8. The molecule has 5 heteroatoms. The lowest BCUT2D eigenvalue weighted by Crippen LogP contribution is -2.08. The van der Waals surface area contributed by atoms with E-state index in [1.54, 1.807) is 0 Å². The topological polar surface area (TPSA) is 46.3 Å². The lowest BCUT2D eigenvalue weighted by atomic mass is 10.1. The van der Waals surface area contributed by atoms with Gasteiger partial charge in [-0.15, -0.1) is 0 Å². The van der Waals surface area contributed by atoms with Crippen molar-refractivity contribution in [1.29, 1.82) is 0 Å². The number of hydrogen-bond acceptors (Lipinski definition) is 3. The Kier molecular flexibility index (Phi) is 3.99. The molecule has 3 nitrogen and oxygen atoms in total. The average Bonchev–Trinajstić information content (AvgIpc) is 2.90. The first kappa shape index (κ1) is 14.4. The molecule has 0 fully saturated rings. The molecule has 0 unspecified atom stereocenters. The highest BCUT2D eigenvalue weighted by Gasteiger charge is 2.26. The first-order valence-electron chi connectivity index (χ1n) is 6.23. The summed E-state index contributed by atoms with van der Waals surface area (Å²) in [4.78, 5) is 4.25. The summed E-state index contributed by atoms with van der Waals surface area (Å²) in [6.07, 6.45) is 1.23. The van der Waals surface area contributed by atoms with Gasteiger partial charge in [0.15, 0.2) is 5.76 Å². The van der Waals surface area contributed by atoms with Crippen molar-refractivity contribution < 1.29 is 18.3 Å². The predicted octanol–water partition coefficient (Wildman–Crippen LogP) is 3.67. The molecule has 0 radical (unpaired) electrons. The van der Waals surface area contributed by atoms with E-state index in [0.717, 1.165) is 0 Å². The van der Waals surface area contributed by atoms with Gasteiger partial charge in [0.2, 0.25) is 5.89 Å². The molecule has 0 atom stereocenters.